The number of rotatable bonds is 4. The molecule has 1 fully saturated rings. The van der Waals surface area contributed by atoms with Crippen LogP contribution in [0.5, 0.6) is 5.75 Å². The first-order valence-corrected chi connectivity index (χ1v) is 8.61. The molecule has 2 aromatic carbocycles. The monoisotopic (exact) mass is 322 g/mol. The van der Waals surface area contributed by atoms with Gasteiger partial charge < -0.3 is 9.64 Å². The minimum absolute atomic E-state index is 0.206. The predicted octanol–water partition coefficient (Wildman–Crippen LogP) is 2.63. The van der Waals surface area contributed by atoms with Gasteiger partial charge in [-0.25, -0.2) is 0 Å². The highest BCUT2D eigenvalue weighted by Crippen LogP contribution is 2.26. The molecular weight excluding hydrogens is 300 g/mol. The number of hydrogen-bond donors (Lipinski definition) is 0. The van der Waals surface area contributed by atoms with Crippen LogP contribution >= 0.6 is 0 Å². The number of benzene rings is 2. The number of para-hydroxylation sites is 1. The summed E-state index contributed by atoms with van der Waals surface area (Å²) in [4.78, 5) is 17.2. The van der Waals surface area contributed by atoms with Crippen LogP contribution in [0.4, 0.5) is 5.69 Å². The average molecular weight is 322 g/mol. The second-order valence-electron chi connectivity index (χ2n) is 6.44. The van der Waals surface area contributed by atoms with Gasteiger partial charge >= 0.3 is 0 Å². The molecule has 0 atom stereocenters. The number of hydrogen-bond acceptors (Lipinski definition) is 4. The summed E-state index contributed by atoms with van der Waals surface area (Å²) in [5.41, 5.74) is 3.24. The molecule has 0 amide bonds. The van der Waals surface area contributed by atoms with Crippen LogP contribution in [-0.2, 0) is 6.42 Å². The van der Waals surface area contributed by atoms with Crippen molar-refractivity contribution in [3.8, 4) is 5.75 Å². The molecule has 2 aromatic rings. The fourth-order valence-electron chi connectivity index (χ4n) is 3.46. The minimum atomic E-state index is 0.206. The Morgan fingerprint density at radius 2 is 1.79 bits per heavy atom. The SMILES string of the molecule is O=C(CN1CCN(c2ccccc2)CC1)c1ccc2c(c1)CCO2. The van der Waals surface area contributed by atoms with Crippen molar-refractivity contribution in [2.45, 2.75) is 6.42 Å². The standard InChI is InChI=1S/C20H22N2O2/c23-19(16-6-7-20-17(14-16)8-13-24-20)15-21-9-11-22(12-10-21)18-4-2-1-3-5-18/h1-7,14H,8-13,15H2. The van der Waals surface area contributed by atoms with Gasteiger partial charge in [-0.05, 0) is 35.9 Å². The van der Waals surface area contributed by atoms with E-state index in [1.807, 2.05) is 24.3 Å². The highest BCUT2D eigenvalue weighted by molar-refractivity contribution is 5.98. The summed E-state index contributed by atoms with van der Waals surface area (Å²) >= 11 is 0. The summed E-state index contributed by atoms with van der Waals surface area (Å²) in [7, 11) is 0. The molecule has 0 aromatic heterocycles. The van der Waals surface area contributed by atoms with Crippen LogP contribution < -0.4 is 9.64 Å². The number of nitrogens with zero attached hydrogens (tertiary/aromatic N) is 2. The number of carbonyl (C=O) groups is 1. The molecule has 0 radical (unpaired) electrons. The Morgan fingerprint density at radius 3 is 2.58 bits per heavy atom. The largest absolute Gasteiger partial charge is 0.493 e. The van der Waals surface area contributed by atoms with E-state index < -0.39 is 0 Å². The average Bonchev–Trinajstić information content (AvgIpc) is 3.11. The number of ether oxygens (including phenoxy) is 1. The number of carbonyl (C=O) groups excluding carboxylic acids is 1. The summed E-state index contributed by atoms with van der Waals surface area (Å²) in [5, 5.41) is 0. The Bertz CT molecular complexity index is 722. The van der Waals surface area contributed by atoms with Gasteiger partial charge in [0.2, 0.25) is 0 Å². The van der Waals surface area contributed by atoms with E-state index in [0.717, 1.165) is 56.1 Å². The van der Waals surface area contributed by atoms with E-state index in [0.29, 0.717) is 6.54 Å². The van der Waals surface area contributed by atoms with E-state index in [4.69, 9.17) is 4.74 Å². The van der Waals surface area contributed by atoms with Gasteiger partial charge in [-0.3, -0.25) is 9.69 Å². The molecule has 2 heterocycles. The van der Waals surface area contributed by atoms with Crippen LogP contribution in [0.25, 0.3) is 0 Å². The van der Waals surface area contributed by atoms with E-state index in [1.54, 1.807) is 0 Å². The van der Waals surface area contributed by atoms with Gasteiger partial charge in [0.1, 0.15) is 5.75 Å². The lowest BCUT2D eigenvalue weighted by atomic mass is 10.0. The quantitative estimate of drug-likeness (QED) is 0.810. The molecule has 2 aliphatic rings. The number of fused-ring (bicyclic) bond motifs is 1. The Balaban J connectivity index is 1.34. The molecule has 0 saturated carbocycles. The zero-order valence-electron chi connectivity index (χ0n) is 13.8. The molecule has 4 rings (SSSR count). The molecule has 2 aliphatic heterocycles. The molecular formula is C20H22N2O2. The Labute approximate surface area is 142 Å². The topological polar surface area (TPSA) is 32.8 Å². The van der Waals surface area contributed by atoms with Crippen molar-refractivity contribution >= 4 is 11.5 Å². The van der Waals surface area contributed by atoms with Gasteiger partial charge in [-0.1, -0.05) is 18.2 Å². The summed E-state index contributed by atoms with van der Waals surface area (Å²) in [5.74, 6) is 1.14. The van der Waals surface area contributed by atoms with Crippen molar-refractivity contribution in [3.63, 3.8) is 0 Å². The van der Waals surface area contributed by atoms with Gasteiger partial charge in [0.25, 0.3) is 0 Å². The van der Waals surface area contributed by atoms with Gasteiger partial charge in [-0.15, -0.1) is 0 Å². The van der Waals surface area contributed by atoms with Gasteiger partial charge in [0, 0.05) is 43.9 Å². The van der Waals surface area contributed by atoms with Crippen LogP contribution in [0.3, 0.4) is 0 Å². The number of Topliss-reactive ketones (excluding diaryl/α,β-unsaturated/α-hetero) is 1. The number of anilines is 1. The van der Waals surface area contributed by atoms with Crippen LogP contribution in [0, 0.1) is 0 Å². The van der Waals surface area contributed by atoms with Gasteiger partial charge in [0.05, 0.1) is 13.2 Å². The summed E-state index contributed by atoms with van der Waals surface area (Å²) in [6, 6.07) is 16.3. The normalized spacial score (nSPS) is 17.4. The van der Waals surface area contributed by atoms with Crippen molar-refractivity contribution < 1.29 is 9.53 Å². The van der Waals surface area contributed by atoms with E-state index >= 15 is 0 Å². The maximum absolute atomic E-state index is 12.6. The molecule has 0 bridgehead atoms. The first-order chi connectivity index (χ1) is 11.8. The van der Waals surface area contributed by atoms with Crippen LogP contribution in [0.15, 0.2) is 48.5 Å². The molecule has 4 heteroatoms. The van der Waals surface area contributed by atoms with Crippen LogP contribution in [0.1, 0.15) is 15.9 Å². The first kappa shape index (κ1) is 15.2. The smallest absolute Gasteiger partial charge is 0.176 e. The fourth-order valence-corrected chi connectivity index (χ4v) is 3.46. The third-order valence-corrected chi connectivity index (χ3v) is 4.87. The predicted molar refractivity (Wildman–Crippen MR) is 95.1 cm³/mol. The van der Waals surface area contributed by atoms with E-state index in [2.05, 4.69) is 34.1 Å². The lowest BCUT2D eigenvalue weighted by molar-refractivity contribution is 0.0926. The Kier molecular flexibility index (Phi) is 4.22. The molecule has 0 aliphatic carbocycles. The Morgan fingerprint density at radius 1 is 1.00 bits per heavy atom. The fraction of sp³-hybridized carbons (Fsp3) is 0.350. The lowest BCUT2D eigenvalue weighted by Crippen LogP contribution is -2.48. The summed E-state index contributed by atoms with van der Waals surface area (Å²) in [6.45, 7) is 5.02. The lowest BCUT2D eigenvalue weighted by Gasteiger charge is -2.35. The molecule has 0 N–H and O–H groups in total. The van der Waals surface area contributed by atoms with E-state index in [-0.39, 0.29) is 5.78 Å². The first-order valence-electron chi connectivity index (χ1n) is 8.61. The maximum Gasteiger partial charge on any atom is 0.176 e. The third kappa shape index (κ3) is 3.15. The van der Waals surface area contributed by atoms with Crippen molar-refractivity contribution in [3.05, 3.63) is 59.7 Å². The number of ketones is 1. The van der Waals surface area contributed by atoms with E-state index in [1.165, 1.54) is 5.69 Å². The summed E-state index contributed by atoms with van der Waals surface area (Å²) in [6.07, 6.45) is 0.909. The van der Waals surface area contributed by atoms with Crippen molar-refractivity contribution in [1.29, 1.82) is 0 Å². The second-order valence-corrected chi connectivity index (χ2v) is 6.44. The molecule has 24 heavy (non-hydrogen) atoms. The maximum atomic E-state index is 12.6. The molecule has 0 spiro atoms. The molecule has 0 unspecified atom stereocenters. The zero-order chi connectivity index (χ0) is 16.4. The molecule has 4 nitrogen and oxygen atoms in total. The molecule has 124 valence electrons. The second kappa shape index (κ2) is 6.65. The van der Waals surface area contributed by atoms with Crippen LogP contribution in [0.2, 0.25) is 0 Å². The van der Waals surface area contributed by atoms with Gasteiger partial charge in [-0.2, -0.15) is 0 Å². The van der Waals surface area contributed by atoms with Gasteiger partial charge in [0.15, 0.2) is 5.78 Å². The summed E-state index contributed by atoms with van der Waals surface area (Å²) < 4.78 is 5.51. The minimum Gasteiger partial charge on any atom is -0.493 e. The van der Waals surface area contributed by atoms with Crippen molar-refractivity contribution in [1.82, 2.24) is 4.90 Å². The zero-order valence-corrected chi connectivity index (χ0v) is 13.8. The highest BCUT2D eigenvalue weighted by atomic mass is 16.5. The van der Waals surface area contributed by atoms with Crippen molar-refractivity contribution in [2.24, 2.45) is 0 Å². The highest BCUT2D eigenvalue weighted by Gasteiger charge is 2.21. The number of piperazine rings is 1. The van der Waals surface area contributed by atoms with Crippen molar-refractivity contribution in [2.75, 3.05) is 44.2 Å². The molecule has 1 saturated heterocycles. The van der Waals surface area contributed by atoms with E-state index in [9.17, 15) is 4.79 Å². The third-order valence-electron chi connectivity index (χ3n) is 4.87. The Hall–Kier alpha value is -2.33. The van der Waals surface area contributed by atoms with Crippen LogP contribution in [-0.4, -0.2) is 50.0 Å².